The van der Waals surface area contributed by atoms with Crippen LogP contribution in [-0.2, 0) is 4.79 Å². The molecule has 1 atom stereocenters. The van der Waals surface area contributed by atoms with Crippen molar-refractivity contribution in [2.45, 2.75) is 39.2 Å². The summed E-state index contributed by atoms with van der Waals surface area (Å²) < 4.78 is 1.76. The number of amides is 2. The molecule has 2 amide bonds. The molecule has 1 aliphatic rings. The molecule has 1 saturated heterocycles. The van der Waals surface area contributed by atoms with Crippen LogP contribution in [0.3, 0.4) is 0 Å². The molecular weight excluding hydrogens is 304 g/mol. The van der Waals surface area contributed by atoms with Crippen molar-refractivity contribution >= 4 is 11.8 Å². The van der Waals surface area contributed by atoms with Crippen LogP contribution >= 0.6 is 0 Å². The summed E-state index contributed by atoms with van der Waals surface area (Å²) in [6, 6.07) is 7.41. The van der Waals surface area contributed by atoms with Crippen molar-refractivity contribution in [1.82, 2.24) is 20.4 Å². The van der Waals surface area contributed by atoms with Gasteiger partial charge in [-0.2, -0.15) is 5.10 Å². The third kappa shape index (κ3) is 3.18. The number of nitrogens with zero attached hydrogens (tertiary/aromatic N) is 2. The Bertz CT molecular complexity index is 766. The van der Waals surface area contributed by atoms with Gasteiger partial charge in [0.2, 0.25) is 5.91 Å². The van der Waals surface area contributed by atoms with Gasteiger partial charge in [0.1, 0.15) is 6.04 Å². The van der Waals surface area contributed by atoms with Gasteiger partial charge >= 0.3 is 0 Å². The molecular formula is C18H22N4O2. The van der Waals surface area contributed by atoms with E-state index in [-0.39, 0.29) is 11.8 Å². The van der Waals surface area contributed by atoms with Crippen LogP contribution in [0.25, 0.3) is 5.69 Å². The number of carbonyl (C=O) groups is 2. The molecule has 1 fully saturated rings. The average Bonchev–Trinajstić information content (AvgIpc) is 2.83. The summed E-state index contributed by atoms with van der Waals surface area (Å²) >= 11 is 0. The largest absolute Gasteiger partial charge is 0.354 e. The lowest BCUT2D eigenvalue weighted by molar-refractivity contribution is -0.122. The van der Waals surface area contributed by atoms with Crippen LogP contribution in [0.1, 0.15) is 40.9 Å². The first-order valence-electron chi connectivity index (χ1n) is 8.27. The predicted octanol–water partition coefficient (Wildman–Crippen LogP) is 1.89. The summed E-state index contributed by atoms with van der Waals surface area (Å²) in [6.45, 7) is 4.54. The van der Waals surface area contributed by atoms with Crippen LogP contribution in [0.5, 0.6) is 0 Å². The minimum atomic E-state index is -0.471. The molecule has 1 aromatic heterocycles. The molecule has 2 heterocycles. The van der Waals surface area contributed by atoms with Crippen molar-refractivity contribution in [3.8, 4) is 5.69 Å². The maximum Gasteiger partial charge on any atom is 0.255 e. The van der Waals surface area contributed by atoms with E-state index < -0.39 is 6.04 Å². The Hall–Kier alpha value is -2.63. The molecule has 6 nitrogen and oxygen atoms in total. The molecule has 0 spiro atoms. The van der Waals surface area contributed by atoms with Crippen LogP contribution in [0.2, 0.25) is 0 Å². The van der Waals surface area contributed by atoms with Crippen molar-refractivity contribution in [1.29, 1.82) is 0 Å². The number of aromatic nitrogens is 2. The maximum atomic E-state index is 12.6. The fraction of sp³-hybridized carbons (Fsp3) is 0.389. The lowest BCUT2D eigenvalue weighted by Crippen LogP contribution is -2.45. The van der Waals surface area contributed by atoms with E-state index in [2.05, 4.69) is 15.7 Å². The molecule has 1 aliphatic heterocycles. The number of carbonyl (C=O) groups excluding carboxylic acids is 2. The Labute approximate surface area is 141 Å². The van der Waals surface area contributed by atoms with E-state index >= 15 is 0 Å². The van der Waals surface area contributed by atoms with E-state index in [9.17, 15) is 9.59 Å². The van der Waals surface area contributed by atoms with Crippen LogP contribution in [-0.4, -0.2) is 34.2 Å². The molecule has 24 heavy (non-hydrogen) atoms. The molecule has 2 N–H and O–H groups in total. The first-order chi connectivity index (χ1) is 11.6. The van der Waals surface area contributed by atoms with Gasteiger partial charge in [-0.1, -0.05) is 18.2 Å². The highest BCUT2D eigenvalue weighted by molar-refractivity contribution is 5.98. The van der Waals surface area contributed by atoms with Gasteiger partial charge in [0.15, 0.2) is 0 Å². The summed E-state index contributed by atoms with van der Waals surface area (Å²) in [4.78, 5) is 24.6. The normalized spacial score (nSPS) is 17.9. The van der Waals surface area contributed by atoms with E-state index in [1.807, 2.05) is 38.1 Å². The van der Waals surface area contributed by atoms with E-state index in [0.29, 0.717) is 18.5 Å². The smallest absolute Gasteiger partial charge is 0.255 e. The summed E-state index contributed by atoms with van der Waals surface area (Å²) in [5.41, 5.74) is 3.28. The number of para-hydroxylation sites is 1. The van der Waals surface area contributed by atoms with Gasteiger partial charge in [-0.05, 0) is 44.7 Å². The second kappa shape index (κ2) is 6.86. The summed E-state index contributed by atoms with van der Waals surface area (Å²) in [6.07, 6.45) is 4.10. The van der Waals surface area contributed by atoms with Gasteiger partial charge in [0, 0.05) is 6.54 Å². The Kier molecular flexibility index (Phi) is 4.64. The van der Waals surface area contributed by atoms with Gasteiger partial charge in [0.05, 0.1) is 23.1 Å². The lowest BCUT2D eigenvalue weighted by Gasteiger charge is -2.15. The number of hydrogen-bond acceptors (Lipinski definition) is 3. The topological polar surface area (TPSA) is 76.0 Å². The number of hydrogen-bond donors (Lipinski definition) is 2. The van der Waals surface area contributed by atoms with Gasteiger partial charge in [-0.3, -0.25) is 9.59 Å². The van der Waals surface area contributed by atoms with E-state index in [0.717, 1.165) is 29.8 Å². The number of benzene rings is 1. The molecule has 2 aromatic rings. The van der Waals surface area contributed by atoms with Gasteiger partial charge in [-0.25, -0.2) is 4.68 Å². The molecule has 0 bridgehead atoms. The van der Waals surface area contributed by atoms with Crippen molar-refractivity contribution < 1.29 is 9.59 Å². The maximum absolute atomic E-state index is 12.6. The van der Waals surface area contributed by atoms with Crippen LogP contribution in [0, 0.1) is 13.8 Å². The first kappa shape index (κ1) is 16.2. The Morgan fingerprint density at radius 2 is 2.08 bits per heavy atom. The van der Waals surface area contributed by atoms with Gasteiger partial charge in [0.25, 0.3) is 5.91 Å². The zero-order valence-corrected chi connectivity index (χ0v) is 14.0. The fourth-order valence-corrected chi connectivity index (χ4v) is 2.99. The summed E-state index contributed by atoms with van der Waals surface area (Å²) in [5.74, 6) is -0.362. The highest BCUT2D eigenvalue weighted by Crippen LogP contribution is 2.18. The highest BCUT2D eigenvalue weighted by Gasteiger charge is 2.24. The van der Waals surface area contributed by atoms with Crippen molar-refractivity contribution in [2.75, 3.05) is 6.54 Å². The molecule has 0 radical (unpaired) electrons. The second-order valence-corrected chi connectivity index (χ2v) is 6.15. The SMILES string of the molecule is Cc1ccccc1-n1ncc(C(=O)N[C@@H]2CCCCNC2=O)c1C. The average molecular weight is 326 g/mol. The molecule has 3 rings (SSSR count). The zero-order valence-electron chi connectivity index (χ0n) is 14.0. The van der Waals surface area contributed by atoms with Crippen molar-refractivity contribution in [3.63, 3.8) is 0 Å². The minimum absolute atomic E-state index is 0.107. The molecule has 126 valence electrons. The Morgan fingerprint density at radius 1 is 1.29 bits per heavy atom. The quantitative estimate of drug-likeness (QED) is 0.904. The molecule has 0 unspecified atom stereocenters. The molecule has 0 aliphatic carbocycles. The minimum Gasteiger partial charge on any atom is -0.354 e. The predicted molar refractivity (Wildman–Crippen MR) is 91.2 cm³/mol. The zero-order chi connectivity index (χ0) is 17.1. The third-order valence-corrected chi connectivity index (χ3v) is 4.44. The molecule has 1 aromatic carbocycles. The van der Waals surface area contributed by atoms with E-state index in [1.54, 1.807) is 10.9 Å². The van der Waals surface area contributed by atoms with Crippen LogP contribution in [0.4, 0.5) is 0 Å². The fourth-order valence-electron chi connectivity index (χ4n) is 2.99. The number of nitrogens with one attached hydrogen (secondary N) is 2. The first-order valence-corrected chi connectivity index (χ1v) is 8.27. The van der Waals surface area contributed by atoms with Gasteiger partial charge < -0.3 is 10.6 Å². The Morgan fingerprint density at radius 3 is 2.88 bits per heavy atom. The number of aryl methyl sites for hydroxylation is 1. The summed E-state index contributed by atoms with van der Waals surface area (Å²) in [7, 11) is 0. The number of rotatable bonds is 3. The summed E-state index contributed by atoms with van der Waals surface area (Å²) in [5, 5.41) is 10.0. The van der Waals surface area contributed by atoms with Gasteiger partial charge in [-0.15, -0.1) is 0 Å². The second-order valence-electron chi connectivity index (χ2n) is 6.15. The van der Waals surface area contributed by atoms with Crippen LogP contribution < -0.4 is 10.6 Å². The highest BCUT2D eigenvalue weighted by atomic mass is 16.2. The van der Waals surface area contributed by atoms with Crippen molar-refractivity contribution in [2.24, 2.45) is 0 Å². The van der Waals surface area contributed by atoms with Crippen molar-refractivity contribution in [3.05, 3.63) is 47.3 Å². The monoisotopic (exact) mass is 326 g/mol. The third-order valence-electron chi connectivity index (χ3n) is 4.44. The standard InChI is InChI=1S/C18H22N4O2/c1-12-7-3-4-9-16(12)22-13(2)14(11-20-22)17(23)21-15-8-5-6-10-19-18(15)24/h3-4,7,9,11,15H,5-6,8,10H2,1-2H3,(H,19,24)(H,21,23)/t15-/m1/s1. The molecule has 6 heteroatoms. The van der Waals surface area contributed by atoms with Crippen LogP contribution in [0.15, 0.2) is 30.5 Å². The van der Waals surface area contributed by atoms with E-state index in [1.165, 1.54) is 0 Å². The van der Waals surface area contributed by atoms with E-state index in [4.69, 9.17) is 0 Å². The Balaban J connectivity index is 1.81. The molecule has 0 saturated carbocycles. The lowest BCUT2D eigenvalue weighted by atomic mass is 10.1.